The summed E-state index contributed by atoms with van der Waals surface area (Å²) in [4.78, 5) is 67.8. The maximum Gasteiger partial charge on any atom is 0.274 e. The number of fused-ring (bicyclic) bond motifs is 4. The fourth-order valence-corrected chi connectivity index (χ4v) is 6.65. The van der Waals surface area contributed by atoms with Crippen LogP contribution in [-0.4, -0.2) is 67.7 Å². The standard InChI is InChI=1S/C30H34N8O4S2/c1-18(2)25-29-35-22(15-44-29)26(40)31-10-7-11-38(30(42)21-13-37(3)17-32-21)14-24(39)33-20(12-19-8-5-4-6-9-19)28-34-23(16-43-28)27(41)36-25/h4-6,8-9,13,15-18,20,25H,7,10-12,14H2,1-3H3,(H,31,40)(H,33,39)(H,36,41)/t20-,25-/m0/s1. The number of amides is 4. The molecule has 0 fully saturated rings. The van der Waals surface area contributed by atoms with Crippen LogP contribution in [0.3, 0.4) is 0 Å². The molecule has 3 aromatic heterocycles. The summed E-state index contributed by atoms with van der Waals surface area (Å²) >= 11 is 2.59. The summed E-state index contributed by atoms with van der Waals surface area (Å²) in [6, 6.07) is 8.72. The van der Waals surface area contributed by atoms with Crippen LogP contribution in [0.4, 0.5) is 0 Å². The van der Waals surface area contributed by atoms with Gasteiger partial charge in [-0.05, 0) is 24.3 Å². The van der Waals surface area contributed by atoms with E-state index in [1.54, 1.807) is 28.6 Å². The van der Waals surface area contributed by atoms with Crippen molar-refractivity contribution in [1.29, 1.82) is 0 Å². The number of rotatable bonds is 4. The maximum absolute atomic E-state index is 13.5. The van der Waals surface area contributed by atoms with Gasteiger partial charge in [-0.15, -0.1) is 22.7 Å². The lowest BCUT2D eigenvalue weighted by atomic mass is 10.0. The van der Waals surface area contributed by atoms with Gasteiger partial charge in [0.25, 0.3) is 17.7 Å². The summed E-state index contributed by atoms with van der Waals surface area (Å²) in [6.07, 6.45) is 3.97. The molecule has 12 nitrogen and oxygen atoms in total. The van der Waals surface area contributed by atoms with Crippen molar-refractivity contribution in [2.75, 3.05) is 19.6 Å². The molecule has 2 atom stereocenters. The minimum atomic E-state index is -0.535. The van der Waals surface area contributed by atoms with Crippen LogP contribution in [0.15, 0.2) is 53.6 Å². The fraction of sp³-hybridized carbons (Fsp3) is 0.367. The molecule has 0 saturated carbocycles. The van der Waals surface area contributed by atoms with Gasteiger partial charge >= 0.3 is 0 Å². The van der Waals surface area contributed by atoms with Crippen molar-refractivity contribution in [3.05, 3.63) is 86.3 Å². The highest BCUT2D eigenvalue weighted by Crippen LogP contribution is 2.27. The Balaban J connectivity index is 1.47. The predicted molar refractivity (Wildman–Crippen MR) is 166 cm³/mol. The second kappa shape index (κ2) is 13.9. The Morgan fingerprint density at radius 2 is 1.70 bits per heavy atom. The van der Waals surface area contributed by atoms with E-state index in [0.29, 0.717) is 22.9 Å². The Kier molecular flexibility index (Phi) is 9.80. The maximum atomic E-state index is 13.5. The second-order valence-corrected chi connectivity index (χ2v) is 12.7. The van der Waals surface area contributed by atoms with Crippen molar-refractivity contribution in [2.45, 2.75) is 38.8 Å². The third kappa shape index (κ3) is 7.55. The summed E-state index contributed by atoms with van der Waals surface area (Å²) in [7, 11) is 1.76. The highest BCUT2D eigenvalue weighted by Gasteiger charge is 2.28. The molecule has 0 aliphatic carbocycles. The molecule has 4 heterocycles. The van der Waals surface area contributed by atoms with E-state index in [1.165, 1.54) is 33.9 Å². The first-order valence-electron chi connectivity index (χ1n) is 14.3. The van der Waals surface area contributed by atoms with Gasteiger partial charge in [0.1, 0.15) is 27.1 Å². The molecule has 4 aromatic rings. The molecular formula is C30H34N8O4S2. The third-order valence-corrected chi connectivity index (χ3v) is 8.97. The normalized spacial score (nSPS) is 18.5. The van der Waals surface area contributed by atoms with Crippen LogP contribution in [0.1, 0.15) is 79.4 Å². The first-order chi connectivity index (χ1) is 21.2. The zero-order valence-corrected chi connectivity index (χ0v) is 26.3. The van der Waals surface area contributed by atoms with E-state index >= 15 is 0 Å². The molecule has 3 N–H and O–H groups in total. The van der Waals surface area contributed by atoms with Crippen LogP contribution >= 0.6 is 22.7 Å². The molecule has 230 valence electrons. The number of carbonyl (C=O) groups excluding carboxylic acids is 4. The summed E-state index contributed by atoms with van der Waals surface area (Å²) in [5, 5.41) is 13.4. The van der Waals surface area contributed by atoms with Crippen LogP contribution in [0.25, 0.3) is 0 Å². The van der Waals surface area contributed by atoms with Gasteiger partial charge in [0, 0.05) is 37.1 Å². The van der Waals surface area contributed by atoms with Gasteiger partial charge < -0.3 is 25.4 Å². The molecule has 0 saturated heterocycles. The molecule has 0 unspecified atom stereocenters. The van der Waals surface area contributed by atoms with Crippen molar-refractivity contribution >= 4 is 46.3 Å². The van der Waals surface area contributed by atoms with Crippen molar-refractivity contribution in [3.63, 3.8) is 0 Å². The second-order valence-electron chi connectivity index (χ2n) is 10.9. The highest BCUT2D eigenvalue weighted by atomic mass is 32.1. The number of imidazole rings is 1. The number of nitrogens with one attached hydrogen (secondary N) is 3. The minimum Gasteiger partial charge on any atom is -0.351 e. The zero-order valence-electron chi connectivity index (χ0n) is 24.6. The average Bonchev–Trinajstić information content (AvgIpc) is 3.78. The van der Waals surface area contributed by atoms with Gasteiger partial charge in [-0.3, -0.25) is 19.2 Å². The number of nitrogens with zero attached hydrogens (tertiary/aromatic N) is 5. The molecular weight excluding hydrogens is 601 g/mol. The summed E-state index contributed by atoms with van der Waals surface area (Å²) in [5.74, 6) is -1.50. The third-order valence-electron chi connectivity index (χ3n) is 7.08. The molecule has 1 aliphatic heterocycles. The Morgan fingerprint density at radius 3 is 2.41 bits per heavy atom. The van der Waals surface area contributed by atoms with Crippen molar-refractivity contribution in [2.24, 2.45) is 13.0 Å². The number of hydrogen-bond acceptors (Lipinski definition) is 9. The van der Waals surface area contributed by atoms with Gasteiger partial charge in [-0.1, -0.05) is 44.2 Å². The number of hydrogen-bond donors (Lipinski definition) is 3. The molecule has 5 rings (SSSR count). The number of thiazole rings is 2. The summed E-state index contributed by atoms with van der Waals surface area (Å²) in [5.41, 5.74) is 1.67. The first kappa shape index (κ1) is 31.0. The van der Waals surface area contributed by atoms with Gasteiger partial charge in [0.05, 0.1) is 25.0 Å². The molecule has 44 heavy (non-hydrogen) atoms. The lowest BCUT2D eigenvalue weighted by molar-refractivity contribution is -0.122. The van der Waals surface area contributed by atoms with Crippen LogP contribution in [0, 0.1) is 5.92 Å². The van der Waals surface area contributed by atoms with Crippen molar-refractivity contribution in [1.82, 2.24) is 40.4 Å². The van der Waals surface area contributed by atoms with Gasteiger partial charge in [0.15, 0.2) is 0 Å². The highest BCUT2D eigenvalue weighted by molar-refractivity contribution is 7.10. The van der Waals surface area contributed by atoms with Crippen molar-refractivity contribution in [3.8, 4) is 0 Å². The monoisotopic (exact) mass is 634 g/mol. The Bertz CT molecular complexity index is 1630. The SMILES string of the molecule is CC(C)[C@@H]1NC(=O)c2csc(n2)[C@H](Cc2ccccc2)NC(=O)CN(C(=O)c2cn(C)cn2)CCCNC(=O)c2csc1n2. The molecule has 0 radical (unpaired) electrons. The zero-order chi connectivity index (χ0) is 31.2. The summed E-state index contributed by atoms with van der Waals surface area (Å²) < 4.78 is 1.66. The largest absolute Gasteiger partial charge is 0.351 e. The smallest absolute Gasteiger partial charge is 0.274 e. The Morgan fingerprint density at radius 1 is 1.00 bits per heavy atom. The lowest BCUT2D eigenvalue weighted by Crippen LogP contribution is -2.43. The van der Waals surface area contributed by atoms with Crippen LogP contribution in [0.2, 0.25) is 0 Å². The lowest BCUT2D eigenvalue weighted by Gasteiger charge is -2.23. The topological polar surface area (TPSA) is 151 Å². The Hall–Kier alpha value is -4.43. The first-order valence-corrected chi connectivity index (χ1v) is 16.0. The van der Waals surface area contributed by atoms with E-state index in [1.807, 2.05) is 44.2 Å². The fourth-order valence-electron chi connectivity index (χ4n) is 4.78. The summed E-state index contributed by atoms with van der Waals surface area (Å²) in [6.45, 7) is 4.19. The molecule has 14 heteroatoms. The van der Waals surface area contributed by atoms with E-state index in [4.69, 9.17) is 0 Å². The number of aryl methyl sites for hydroxylation is 1. The number of carbonyl (C=O) groups is 4. The molecule has 4 amide bonds. The van der Waals surface area contributed by atoms with E-state index in [2.05, 4.69) is 30.9 Å². The number of aromatic nitrogens is 4. The quantitative estimate of drug-likeness (QED) is 0.312. The van der Waals surface area contributed by atoms with Gasteiger partial charge in [-0.25, -0.2) is 15.0 Å². The van der Waals surface area contributed by atoms with Crippen LogP contribution in [0.5, 0.6) is 0 Å². The molecule has 1 aromatic carbocycles. The average molecular weight is 635 g/mol. The van der Waals surface area contributed by atoms with Crippen LogP contribution in [-0.2, 0) is 18.3 Å². The predicted octanol–water partition coefficient (Wildman–Crippen LogP) is 3.14. The van der Waals surface area contributed by atoms with Crippen LogP contribution < -0.4 is 16.0 Å². The Labute approximate surface area is 262 Å². The minimum absolute atomic E-state index is 0.000896. The van der Waals surface area contributed by atoms with Gasteiger partial charge in [0.2, 0.25) is 5.91 Å². The van der Waals surface area contributed by atoms with E-state index < -0.39 is 18.0 Å². The number of benzene rings is 1. The van der Waals surface area contributed by atoms with E-state index in [9.17, 15) is 19.2 Å². The molecule has 4 bridgehead atoms. The molecule has 1 aliphatic rings. The van der Waals surface area contributed by atoms with Gasteiger partial charge in [-0.2, -0.15) is 0 Å². The van der Waals surface area contributed by atoms with Crippen molar-refractivity contribution < 1.29 is 19.2 Å². The van der Waals surface area contributed by atoms with E-state index in [-0.39, 0.29) is 60.4 Å². The molecule has 0 spiro atoms. The van der Waals surface area contributed by atoms with E-state index in [0.717, 1.165) is 5.56 Å².